The highest BCUT2D eigenvalue weighted by molar-refractivity contribution is 8.18. The molecule has 9 heteroatoms. The summed E-state index contributed by atoms with van der Waals surface area (Å²) in [5.74, 6) is 0.371. The molecule has 1 fully saturated rings. The molecule has 0 aromatic heterocycles. The Labute approximate surface area is 218 Å². The minimum absolute atomic E-state index is 0.194. The van der Waals surface area contributed by atoms with Crippen LogP contribution in [0.1, 0.15) is 27.0 Å². The Kier molecular flexibility index (Phi) is 7.91. The second-order valence-corrected chi connectivity index (χ2v) is 8.89. The molecule has 1 heterocycles. The van der Waals surface area contributed by atoms with E-state index in [1.807, 2.05) is 18.2 Å². The molecular formula is C28H23N3O5S. The van der Waals surface area contributed by atoms with E-state index in [1.165, 1.54) is 23.8 Å². The minimum Gasteiger partial charge on any atom is -0.493 e. The zero-order valence-corrected chi connectivity index (χ0v) is 21.2. The van der Waals surface area contributed by atoms with Gasteiger partial charge in [-0.3, -0.25) is 9.69 Å². The number of ether oxygens (including phenoxy) is 3. The number of esters is 1. The monoisotopic (exact) mass is 513 g/mol. The van der Waals surface area contributed by atoms with E-state index in [2.05, 4.69) is 11.1 Å². The second kappa shape index (κ2) is 11.5. The largest absolute Gasteiger partial charge is 0.493 e. The first-order chi connectivity index (χ1) is 17.9. The Bertz CT molecular complexity index is 1460. The average Bonchev–Trinajstić information content (AvgIpc) is 3.19. The van der Waals surface area contributed by atoms with E-state index in [-0.39, 0.29) is 12.5 Å². The maximum absolute atomic E-state index is 12.9. The number of carbonyl (C=O) groups excluding carboxylic acids is 2. The summed E-state index contributed by atoms with van der Waals surface area (Å²) in [4.78, 5) is 31.2. The Hall–Kier alpha value is -4.55. The van der Waals surface area contributed by atoms with Gasteiger partial charge in [0.15, 0.2) is 16.7 Å². The predicted octanol–water partition coefficient (Wildman–Crippen LogP) is 5.17. The third-order valence-electron chi connectivity index (χ3n) is 5.50. The highest BCUT2D eigenvalue weighted by Crippen LogP contribution is 2.35. The van der Waals surface area contributed by atoms with E-state index < -0.39 is 5.97 Å². The lowest BCUT2D eigenvalue weighted by Gasteiger charge is -2.12. The van der Waals surface area contributed by atoms with Crippen LogP contribution in [0, 0.1) is 11.3 Å². The van der Waals surface area contributed by atoms with E-state index in [4.69, 9.17) is 14.2 Å². The third-order valence-corrected chi connectivity index (χ3v) is 6.56. The van der Waals surface area contributed by atoms with Gasteiger partial charge in [-0.15, -0.1) is 0 Å². The van der Waals surface area contributed by atoms with Crippen LogP contribution >= 0.6 is 11.8 Å². The third kappa shape index (κ3) is 5.82. The number of hydrogen-bond acceptors (Lipinski definition) is 8. The lowest BCUT2D eigenvalue weighted by Crippen LogP contribution is -2.23. The van der Waals surface area contributed by atoms with Crippen molar-refractivity contribution in [3.63, 3.8) is 0 Å². The summed E-state index contributed by atoms with van der Waals surface area (Å²) in [5, 5.41) is 9.77. The first-order valence-corrected chi connectivity index (χ1v) is 12.0. The van der Waals surface area contributed by atoms with Crippen molar-refractivity contribution in [3.8, 4) is 17.6 Å². The van der Waals surface area contributed by atoms with Crippen LogP contribution in [0.15, 0.2) is 76.6 Å². The number of nitrogens with zero attached hydrogens (tertiary/aromatic N) is 3. The van der Waals surface area contributed by atoms with Gasteiger partial charge in [-0.1, -0.05) is 30.3 Å². The lowest BCUT2D eigenvalue weighted by atomic mass is 10.1. The molecule has 0 atom stereocenters. The normalized spacial score (nSPS) is 15.1. The number of rotatable bonds is 7. The van der Waals surface area contributed by atoms with Crippen LogP contribution in [-0.2, 0) is 16.1 Å². The van der Waals surface area contributed by atoms with Crippen LogP contribution in [0.25, 0.3) is 6.08 Å². The summed E-state index contributed by atoms with van der Waals surface area (Å²) in [5.41, 5.74) is 2.99. The van der Waals surface area contributed by atoms with E-state index in [1.54, 1.807) is 68.8 Å². The second-order valence-electron chi connectivity index (χ2n) is 7.88. The minimum atomic E-state index is -0.457. The van der Waals surface area contributed by atoms with Gasteiger partial charge in [-0.25, -0.2) is 9.79 Å². The highest BCUT2D eigenvalue weighted by Gasteiger charge is 2.30. The molecule has 0 unspecified atom stereocenters. The van der Waals surface area contributed by atoms with Gasteiger partial charge in [0.1, 0.15) is 6.61 Å². The van der Waals surface area contributed by atoms with Crippen LogP contribution in [0.2, 0.25) is 0 Å². The molecule has 1 aliphatic rings. The zero-order chi connectivity index (χ0) is 26.4. The highest BCUT2D eigenvalue weighted by atomic mass is 32.2. The smallest absolute Gasteiger partial charge is 0.337 e. The van der Waals surface area contributed by atoms with Crippen molar-refractivity contribution >= 4 is 40.6 Å². The van der Waals surface area contributed by atoms with Gasteiger partial charge in [0, 0.05) is 12.6 Å². The van der Waals surface area contributed by atoms with E-state index in [0.717, 1.165) is 11.1 Å². The molecule has 0 spiro atoms. The Morgan fingerprint density at radius 2 is 1.89 bits per heavy atom. The number of aliphatic imine (C=N–C) groups is 1. The number of likely N-dealkylation sites (N-methyl/N-ethyl adjacent to an activating group) is 1. The van der Waals surface area contributed by atoms with Gasteiger partial charge in [0.05, 0.1) is 42.0 Å². The molecule has 1 amide bonds. The van der Waals surface area contributed by atoms with Crippen LogP contribution in [-0.4, -0.2) is 43.2 Å². The fourth-order valence-corrected chi connectivity index (χ4v) is 4.52. The summed E-state index contributed by atoms with van der Waals surface area (Å²) in [6.45, 7) is 0.219. The molecule has 37 heavy (non-hydrogen) atoms. The molecule has 0 saturated carbocycles. The van der Waals surface area contributed by atoms with Gasteiger partial charge in [0.25, 0.3) is 5.91 Å². The summed E-state index contributed by atoms with van der Waals surface area (Å²) >= 11 is 1.23. The Morgan fingerprint density at radius 3 is 2.65 bits per heavy atom. The molecule has 0 aliphatic carbocycles. The van der Waals surface area contributed by atoms with Gasteiger partial charge in [0.2, 0.25) is 0 Å². The number of amidine groups is 1. The molecule has 3 aromatic carbocycles. The molecule has 0 radical (unpaired) electrons. The van der Waals surface area contributed by atoms with Crippen LogP contribution in [0.3, 0.4) is 0 Å². The molecule has 1 saturated heterocycles. The average molecular weight is 514 g/mol. The van der Waals surface area contributed by atoms with Crippen molar-refractivity contribution in [1.82, 2.24) is 4.90 Å². The maximum Gasteiger partial charge on any atom is 0.337 e. The standard InChI is InChI=1S/C28H23N3O5S/c1-31-26(32)25(37-28(31)30-22-10-6-9-19(15-22)27(33)35-3)14-18-11-12-23(24(13-18)34-2)36-17-21-8-5-4-7-20(21)16-29/h4-15H,17H2,1-3H3. The zero-order valence-electron chi connectivity index (χ0n) is 20.4. The molecule has 4 rings (SSSR count). The topological polar surface area (TPSA) is 101 Å². The Balaban J connectivity index is 1.53. The molecule has 8 nitrogen and oxygen atoms in total. The summed E-state index contributed by atoms with van der Waals surface area (Å²) < 4.78 is 16.2. The van der Waals surface area contributed by atoms with Gasteiger partial charge in [-0.2, -0.15) is 5.26 Å². The van der Waals surface area contributed by atoms with Crippen molar-refractivity contribution in [1.29, 1.82) is 5.26 Å². The molecule has 0 N–H and O–H groups in total. The SMILES string of the molecule is COC(=O)c1cccc(N=C2SC(=Cc3ccc(OCc4ccccc4C#N)c(OC)c3)C(=O)N2C)c1. The van der Waals surface area contributed by atoms with Crippen molar-refractivity contribution < 1.29 is 23.8 Å². The van der Waals surface area contributed by atoms with Crippen molar-refractivity contribution in [3.05, 3.63) is 93.9 Å². The summed E-state index contributed by atoms with van der Waals surface area (Å²) in [6, 6.07) is 21.5. The molecular weight excluding hydrogens is 490 g/mol. The summed E-state index contributed by atoms with van der Waals surface area (Å²) in [6.07, 6.45) is 1.76. The fourth-order valence-electron chi connectivity index (χ4n) is 3.54. The molecule has 1 aliphatic heterocycles. The van der Waals surface area contributed by atoms with E-state index >= 15 is 0 Å². The first-order valence-electron chi connectivity index (χ1n) is 11.2. The Morgan fingerprint density at radius 1 is 1.08 bits per heavy atom. The number of amides is 1. The van der Waals surface area contributed by atoms with Gasteiger partial charge < -0.3 is 14.2 Å². The fraction of sp³-hybridized carbons (Fsp3) is 0.143. The van der Waals surface area contributed by atoms with Crippen molar-refractivity contribution in [2.75, 3.05) is 21.3 Å². The lowest BCUT2D eigenvalue weighted by molar-refractivity contribution is -0.121. The van der Waals surface area contributed by atoms with Crippen molar-refractivity contribution in [2.24, 2.45) is 4.99 Å². The molecule has 3 aromatic rings. The number of thioether (sulfide) groups is 1. The number of hydrogen-bond donors (Lipinski definition) is 0. The number of benzene rings is 3. The number of carbonyl (C=O) groups is 2. The molecule has 0 bridgehead atoms. The van der Waals surface area contributed by atoms with E-state index in [9.17, 15) is 14.9 Å². The van der Waals surface area contributed by atoms with Gasteiger partial charge >= 0.3 is 5.97 Å². The number of methoxy groups -OCH3 is 2. The van der Waals surface area contributed by atoms with Crippen LogP contribution in [0.4, 0.5) is 5.69 Å². The first kappa shape index (κ1) is 25.5. The predicted molar refractivity (Wildman–Crippen MR) is 142 cm³/mol. The van der Waals surface area contributed by atoms with Crippen LogP contribution in [0.5, 0.6) is 11.5 Å². The van der Waals surface area contributed by atoms with Crippen molar-refractivity contribution in [2.45, 2.75) is 6.61 Å². The molecule has 186 valence electrons. The van der Waals surface area contributed by atoms with Gasteiger partial charge in [-0.05, 0) is 59.8 Å². The summed E-state index contributed by atoms with van der Waals surface area (Å²) in [7, 11) is 4.51. The quantitative estimate of drug-likeness (QED) is 0.317. The van der Waals surface area contributed by atoms with Crippen LogP contribution < -0.4 is 9.47 Å². The maximum atomic E-state index is 12.9. The number of nitriles is 1. The van der Waals surface area contributed by atoms with E-state index in [0.29, 0.717) is 38.4 Å².